The zero-order valence-corrected chi connectivity index (χ0v) is 15.6. The maximum absolute atomic E-state index is 11.8. The van der Waals surface area contributed by atoms with Gasteiger partial charge in [-0.05, 0) is 46.6 Å². The molecule has 25 heavy (non-hydrogen) atoms. The van der Waals surface area contributed by atoms with Crippen molar-refractivity contribution in [2.75, 3.05) is 20.2 Å². The molecule has 0 bridgehead atoms. The highest BCUT2D eigenvalue weighted by molar-refractivity contribution is 5.81. The van der Waals surface area contributed by atoms with Crippen molar-refractivity contribution in [2.45, 2.75) is 58.1 Å². The molecule has 142 valence electrons. The molecule has 0 aliphatic carbocycles. The van der Waals surface area contributed by atoms with Gasteiger partial charge in [-0.2, -0.15) is 0 Å². The molecule has 1 aromatic heterocycles. The molecule has 1 atom stereocenters. The molecule has 0 saturated carbocycles. The van der Waals surface area contributed by atoms with Crippen molar-refractivity contribution < 1.29 is 19.1 Å². The molecule has 8 heteroatoms. The van der Waals surface area contributed by atoms with E-state index in [1.807, 2.05) is 6.20 Å². The lowest BCUT2D eigenvalue weighted by Gasteiger charge is -2.22. The number of methoxy groups -OCH3 is 1. The summed E-state index contributed by atoms with van der Waals surface area (Å²) in [5.41, 5.74) is 0.489. The molecule has 3 N–H and O–H groups in total. The van der Waals surface area contributed by atoms with E-state index in [1.54, 1.807) is 27.1 Å². The lowest BCUT2D eigenvalue weighted by molar-refractivity contribution is -0.143. The normalized spacial score (nSPS) is 12.5. The molecule has 1 aromatic rings. The fraction of sp³-hybridized carbons (Fsp3) is 0.706. The number of hydrogen-bond acceptors (Lipinski definition) is 6. The number of nitrogens with zero attached hydrogens (tertiary/aromatic N) is 1. The fourth-order valence-electron chi connectivity index (χ4n) is 2.21. The average Bonchev–Trinajstić information content (AvgIpc) is 3.03. The van der Waals surface area contributed by atoms with Crippen LogP contribution in [0.25, 0.3) is 0 Å². The Morgan fingerprint density at radius 2 is 2.04 bits per heavy atom. The minimum absolute atomic E-state index is 0.460. The Kier molecular flexibility index (Phi) is 8.98. The summed E-state index contributed by atoms with van der Waals surface area (Å²) in [5.74, 6) is -0.460. The topological polar surface area (TPSA) is 105 Å². The molecular formula is C17H30N4O4. The molecule has 0 fully saturated rings. The summed E-state index contributed by atoms with van der Waals surface area (Å²) in [4.78, 5) is 30.6. The van der Waals surface area contributed by atoms with Crippen LogP contribution >= 0.6 is 0 Å². The Morgan fingerprint density at radius 3 is 2.64 bits per heavy atom. The zero-order valence-electron chi connectivity index (χ0n) is 15.6. The number of carbonyl (C=O) groups excluding carboxylic acids is 2. The van der Waals surface area contributed by atoms with Gasteiger partial charge >= 0.3 is 12.1 Å². The number of unbranched alkanes of at least 4 members (excludes halogenated alkanes) is 1. The second-order valence-electron chi connectivity index (χ2n) is 6.79. The zero-order chi connectivity index (χ0) is 18.7. The number of ether oxygens (including phenoxy) is 2. The molecule has 0 unspecified atom stereocenters. The Morgan fingerprint density at radius 1 is 1.28 bits per heavy atom. The lowest BCUT2D eigenvalue weighted by Crippen LogP contribution is -2.44. The molecule has 0 aromatic carbocycles. The smallest absolute Gasteiger partial charge is 0.408 e. The molecule has 0 saturated heterocycles. The number of imidazole rings is 1. The third-order valence-corrected chi connectivity index (χ3v) is 3.40. The van der Waals surface area contributed by atoms with E-state index in [2.05, 4.69) is 20.6 Å². The van der Waals surface area contributed by atoms with Crippen LogP contribution in [-0.4, -0.2) is 53.9 Å². The quantitative estimate of drug-likeness (QED) is 0.437. The van der Waals surface area contributed by atoms with Gasteiger partial charge in [0.2, 0.25) is 0 Å². The van der Waals surface area contributed by atoms with Crippen LogP contribution in [0.3, 0.4) is 0 Å². The van der Waals surface area contributed by atoms with Crippen LogP contribution in [0.4, 0.5) is 4.79 Å². The second kappa shape index (κ2) is 10.7. The monoisotopic (exact) mass is 354 g/mol. The number of H-pyrrole nitrogens is 1. The average molecular weight is 354 g/mol. The molecule has 8 nitrogen and oxygen atoms in total. The largest absolute Gasteiger partial charge is 0.467 e. The van der Waals surface area contributed by atoms with Crippen molar-refractivity contribution >= 4 is 12.1 Å². The standard InChI is InChI=1S/C17H30N4O4/c1-17(2,3)25-16(23)21-14(15(22)24-4)7-5-6-9-18-10-8-13-11-19-12-20-13/h11-12,14,18H,5-10H2,1-4H3,(H,19,20)(H,21,23)/t14-/m0/s1. The minimum atomic E-state index is -0.690. The molecule has 1 amide bonds. The van der Waals surface area contributed by atoms with Crippen molar-refractivity contribution in [1.82, 2.24) is 20.6 Å². The van der Waals surface area contributed by atoms with Crippen LogP contribution in [0.2, 0.25) is 0 Å². The predicted octanol–water partition coefficient (Wildman–Crippen LogP) is 1.78. The van der Waals surface area contributed by atoms with E-state index in [4.69, 9.17) is 9.47 Å². The molecule has 1 rings (SSSR count). The summed E-state index contributed by atoms with van der Waals surface area (Å²) in [6.45, 7) is 7.02. The first-order valence-corrected chi connectivity index (χ1v) is 8.57. The Hall–Kier alpha value is -2.09. The third-order valence-electron chi connectivity index (χ3n) is 3.40. The maximum atomic E-state index is 11.8. The molecule has 0 aliphatic heterocycles. The highest BCUT2D eigenvalue weighted by Gasteiger charge is 2.24. The number of rotatable bonds is 10. The van der Waals surface area contributed by atoms with Gasteiger partial charge in [-0.1, -0.05) is 0 Å². The maximum Gasteiger partial charge on any atom is 0.408 e. The molecule has 0 radical (unpaired) electrons. The number of esters is 1. The number of aromatic nitrogens is 2. The third kappa shape index (κ3) is 9.71. The summed E-state index contributed by atoms with van der Waals surface area (Å²) in [6, 6.07) is -0.690. The van der Waals surface area contributed by atoms with Gasteiger partial charge in [0.1, 0.15) is 11.6 Å². The van der Waals surface area contributed by atoms with E-state index in [0.29, 0.717) is 6.42 Å². The van der Waals surface area contributed by atoms with Gasteiger partial charge < -0.3 is 25.1 Å². The van der Waals surface area contributed by atoms with Crippen LogP contribution in [0, 0.1) is 0 Å². The van der Waals surface area contributed by atoms with E-state index in [9.17, 15) is 9.59 Å². The van der Waals surface area contributed by atoms with Crippen molar-refractivity contribution in [3.05, 3.63) is 18.2 Å². The highest BCUT2D eigenvalue weighted by atomic mass is 16.6. The number of alkyl carbamates (subject to hydrolysis) is 1. The molecule has 1 heterocycles. The van der Waals surface area contributed by atoms with Crippen molar-refractivity contribution in [2.24, 2.45) is 0 Å². The van der Waals surface area contributed by atoms with Crippen molar-refractivity contribution in [3.8, 4) is 0 Å². The van der Waals surface area contributed by atoms with Gasteiger partial charge in [0.25, 0.3) is 0 Å². The van der Waals surface area contributed by atoms with E-state index >= 15 is 0 Å². The molecule has 0 spiro atoms. The minimum Gasteiger partial charge on any atom is -0.467 e. The van der Waals surface area contributed by atoms with Crippen LogP contribution in [-0.2, 0) is 20.7 Å². The summed E-state index contributed by atoms with van der Waals surface area (Å²) in [5, 5.41) is 5.91. The summed E-state index contributed by atoms with van der Waals surface area (Å²) in [6.07, 6.45) is 5.95. The second-order valence-corrected chi connectivity index (χ2v) is 6.79. The predicted molar refractivity (Wildman–Crippen MR) is 94.2 cm³/mol. The summed E-state index contributed by atoms with van der Waals surface area (Å²) < 4.78 is 9.93. The summed E-state index contributed by atoms with van der Waals surface area (Å²) in [7, 11) is 1.31. The van der Waals surface area contributed by atoms with Gasteiger partial charge in [-0.25, -0.2) is 14.6 Å². The SMILES string of the molecule is COC(=O)[C@H](CCCCNCCc1cnc[nH]1)NC(=O)OC(C)(C)C. The van der Waals surface area contributed by atoms with Crippen LogP contribution in [0.5, 0.6) is 0 Å². The van der Waals surface area contributed by atoms with E-state index < -0.39 is 23.7 Å². The Bertz CT molecular complexity index is 511. The number of nitrogens with one attached hydrogen (secondary N) is 3. The summed E-state index contributed by atoms with van der Waals surface area (Å²) >= 11 is 0. The van der Waals surface area contributed by atoms with E-state index in [1.165, 1.54) is 7.11 Å². The fourth-order valence-corrected chi connectivity index (χ4v) is 2.21. The van der Waals surface area contributed by atoms with E-state index in [0.717, 1.165) is 38.0 Å². The van der Waals surface area contributed by atoms with Gasteiger partial charge in [-0.3, -0.25) is 0 Å². The highest BCUT2D eigenvalue weighted by Crippen LogP contribution is 2.09. The van der Waals surface area contributed by atoms with Gasteiger partial charge in [-0.15, -0.1) is 0 Å². The first kappa shape index (κ1) is 21.0. The van der Waals surface area contributed by atoms with Gasteiger partial charge in [0.15, 0.2) is 0 Å². The van der Waals surface area contributed by atoms with Gasteiger partial charge in [0, 0.05) is 24.9 Å². The lowest BCUT2D eigenvalue weighted by atomic mass is 10.1. The van der Waals surface area contributed by atoms with Crippen molar-refractivity contribution in [3.63, 3.8) is 0 Å². The van der Waals surface area contributed by atoms with E-state index in [-0.39, 0.29) is 0 Å². The van der Waals surface area contributed by atoms with Gasteiger partial charge in [0.05, 0.1) is 13.4 Å². The number of aromatic amines is 1. The van der Waals surface area contributed by atoms with Crippen LogP contribution in [0.1, 0.15) is 45.7 Å². The Balaban J connectivity index is 2.21. The van der Waals surface area contributed by atoms with Crippen molar-refractivity contribution in [1.29, 1.82) is 0 Å². The number of hydrogen-bond donors (Lipinski definition) is 3. The first-order valence-electron chi connectivity index (χ1n) is 8.57. The Labute approximate surface area is 149 Å². The molecular weight excluding hydrogens is 324 g/mol. The molecule has 0 aliphatic rings. The van der Waals surface area contributed by atoms with Crippen LogP contribution in [0.15, 0.2) is 12.5 Å². The number of carbonyl (C=O) groups is 2. The number of amides is 1. The first-order chi connectivity index (χ1) is 11.8. The van der Waals surface area contributed by atoms with Crippen LogP contribution < -0.4 is 10.6 Å².